The Labute approximate surface area is 121 Å². The number of benzene rings is 1. The molecule has 0 aliphatic rings. The lowest BCUT2D eigenvalue weighted by Gasteiger charge is -2.12. The summed E-state index contributed by atoms with van der Waals surface area (Å²) in [5.41, 5.74) is 0.232. The van der Waals surface area contributed by atoms with Crippen molar-refractivity contribution in [3.05, 3.63) is 29.8 Å². The van der Waals surface area contributed by atoms with E-state index in [0.29, 0.717) is 12.4 Å². The maximum Gasteiger partial charge on any atom is 0.326 e. The highest BCUT2D eigenvalue weighted by Gasteiger charge is 2.23. The molecule has 0 heterocycles. The normalized spacial score (nSPS) is 11.5. The number of carboxylic acids is 2. The highest BCUT2D eigenvalue weighted by atomic mass is 16.5. The van der Waals surface area contributed by atoms with Crippen molar-refractivity contribution in [3.8, 4) is 5.75 Å². The minimum atomic E-state index is -1.47. The summed E-state index contributed by atoms with van der Waals surface area (Å²) in [6.07, 6.45) is 0.177. The van der Waals surface area contributed by atoms with Crippen LogP contribution in [-0.4, -0.2) is 40.7 Å². The van der Waals surface area contributed by atoms with E-state index in [-0.39, 0.29) is 5.56 Å². The van der Waals surface area contributed by atoms with Gasteiger partial charge in [-0.3, -0.25) is 9.59 Å². The van der Waals surface area contributed by atoms with Crippen LogP contribution in [0.1, 0.15) is 30.1 Å². The third-order valence-corrected chi connectivity index (χ3v) is 2.57. The quantitative estimate of drug-likeness (QED) is 0.662. The number of carboxylic acid groups (broad SMARTS) is 2. The van der Waals surface area contributed by atoms with Crippen LogP contribution in [0.2, 0.25) is 0 Å². The van der Waals surface area contributed by atoms with E-state index in [4.69, 9.17) is 14.9 Å². The average molecular weight is 295 g/mol. The predicted molar refractivity (Wildman–Crippen MR) is 73.4 cm³/mol. The second-order valence-corrected chi connectivity index (χ2v) is 4.33. The van der Waals surface area contributed by atoms with Crippen LogP contribution in [0.3, 0.4) is 0 Å². The number of hydrogen-bond acceptors (Lipinski definition) is 4. The Hall–Kier alpha value is -2.57. The van der Waals surface area contributed by atoms with Gasteiger partial charge in [0.1, 0.15) is 11.8 Å². The summed E-state index contributed by atoms with van der Waals surface area (Å²) in [6, 6.07) is 4.70. The van der Waals surface area contributed by atoms with Gasteiger partial charge in [0, 0.05) is 5.56 Å². The molecule has 0 unspecified atom stereocenters. The Morgan fingerprint density at radius 1 is 1.19 bits per heavy atom. The molecule has 0 radical (unpaired) electrons. The minimum absolute atomic E-state index is 0.232. The molecule has 0 bridgehead atoms. The van der Waals surface area contributed by atoms with Gasteiger partial charge in [-0.25, -0.2) is 4.79 Å². The fourth-order valence-corrected chi connectivity index (χ4v) is 1.54. The van der Waals surface area contributed by atoms with Gasteiger partial charge in [0.05, 0.1) is 13.0 Å². The molecule has 0 aliphatic carbocycles. The molecule has 7 nitrogen and oxygen atoms in total. The monoisotopic (exact) mass is 295 g/mol. The summed E-state index contributed by atoms with van der Waals surface area (Å²) in [7, 11) is 0. The highest BCUT2D eigenvalue weighted by Crippen LogP contribution is 2.12. The number of rotatable bonds is 8. The van der Waals surface area contributed by atoms with Crippen molar-refractivity contribution in [3.63, 3.8) is 0 Å². The molecule has 0 saturated carbocycles. The predicted octanol–water partition coefficient (Wildman–Crippen LogP) is 1.13. The van der Waals surface area contributed by atoms with Gasteiger partial charge in [-0.1, -0.05) is 6.92 Å². The van der Waals surface area contributed by atoms with Gasteiger partial charge in [-0.15, -0.1) is 0 Å². The zero-order chi connectivity index (χ0) is 15.8. The van der Waals surface area contributed by atoms with Gasteiger partial charge in [0.25, 0.3) is 5.91 Å². The summed E-state index contributed by atoms with van der Waals surface area (Å²) in [4.78, 5) is 33.3. The molecule has 21 heavy (non-hydrogen) atoms. The zero-order valence-electron chi connectivity index (χ0n) is 11.5. The van der Waals surface area contributed by atoms with Crippen LogP contribution in [0.5, 0.6) is 5.75 Å². The van der Waals surface area contributed by atoms with E-state index >= 15 is 0 Å². The number of nitrogens with one attached hydrogen (secondary N) is 1. The minimum Gasteiger partial charge on any atom is -0.494 e. The Balaban J connectivity index is 2.69. The molecule has 1 rings (SSSR count). The summed E-state index contributed by atoms with van der Waals surface area (Å²) >= 11 is 0. The highest BCUT2D eigenvalue weighted by molar-refractivity contribution is 5.97. The maximum atomic E-state index is 11.9. The molecular formula is C14H17NO6. The van der Waals surface area contributed by atoms with E-state index in [1.807, 2.05) is 6.92 Å². The Morgan fingerprint density at radius 3 is 2.29 bits per heavy atom. The second kappa shape index (κ2) is 7.88. The van der Waals surface area contributed by atoms with Crippen molar-refractivity contribution in [2.45, 2.75) is 25.8 Å². The number of hydrogen-bond donors (Lipinski definition) is 3. The molecule has 0 spiro atoms. The third kappa shape index (κ3) is 5.52. The molecule has 114 valence electrons. The molecule has 0 fully saturated rings. The lowest BCUT2D eigenvalue weighted by molar-refractivity contribution is -0.145. The van der Waals surface area contributed by atoms with Crippen molar-refractivity contribution < 1.29 is 29.3 Å². The number of aliphatic carboxylic acids is 2. The van der Waals surface area contributed by atoms with Crippen LogP contribution in [0.4, 0.5) is 0 Å². The van der Waals surface area contributed by atoms with E-state index in [1.165, 1.54) is 12.1 Å². The standard InChI is InChI=1S/C14H17NO6/c1-2-7-21-10-5-3-9(4-6-10)13(18)15-11(14(19)20)8-12(16)17/h3-6,11H,2,7-8H2,1H3,(H,15,18)(H,16,17)(H,19,20)/t11-/m0/s1. The first-order valence-electron chi connectivity index (χ1n) is 6.42. The number of carbonyl (C=O) groups is 3. The van der Waals surface area contributed by atoms with Gasteiger partial charge in [-0.2, -0.15) is 0 Å². The molecule has 0 saturated heterocycles. The molecule has 3 N–H and O–H groups in total. The van der Waals surface area contributed by atoms with Crippen LogP contribution < -0.4 is 10.1 Å². The lowest BCUT2D eigenvalue weighted by atomic mass is 10.1. The molecule has 0 aliphatic heterocycles. The van der Waals surface area contributed by atoms with E-state index in [2.05, 4.69) is 5.32 Å². The van der Waals surface area contributed by atoms with Crippen LogP contribution >= 0.6 is 0 Å². The maximum absolute atomic E-state index is 11.9. The number of amides is 1. The van der Waals surface area contributed by atoms with Crippen LogP contribution in [-0.2, 0) is 9.59 Å². The van der Waals surface area contributed by atoms with E-state index in [1.54, 1.807) is 12.1 Å². The Kier molecular flexibility index (Phi) is 6.19. The third-order valence-electron chi connectivity index (χ3n) is 2.57. The van der Waals surface area contributed by atoms with Crippen molar-refractivity contribution in [2.24, 2.45) is 0 Å². The summed E-state index contributed by atoms with van der Waals surface area (Å²) < 4.78 is 5.36. The van der Waals surface area contributed by atoms with Gasteiger partial charge in [-0.05, 0) is 30.7 Å². The number of carbonyl (C=O) groups excluding carboxylic acids is 1. The van der Waals surface area contributed by atoms with Crippen LogP contribution in [0.25, 0.3) is 0 Å². The van der Waals surface area contributed by atoms with Crippen molar-refractivity contribution in [1.29, 1.82) is 0 Å². The van der Waals surface area contributed by atoms with Crippen LogP contribution in [0, 0.1) is 0 Å². The fourth-order valence-electron chi connectivity index (χ4n) is 1.54. The molecule has 1 atom stereocenters. The molecule has 7 heteroatoms. The van der Waals surface area contributed by atoms with Gasteiger partial charge in [0.15, 0.2) is 0 Å². The molecule has 1 aromatic rings. The van der Waals surface area contributed by atoms with E-state index in [9.17, 15) is 14.4 Å². The zero-order valence-corrected chi connectivity index (χ0v) is 11.5. The van der Waals surface area contributed by atoms with Gasteiger partial charge in [0.2, 0.25) is 0 Å². The Morgan fingerprint density at radius 2 is 1.81 bits per heavy atom. The number of ether oxygens (including phenoxy) is 1. The van der Waals surface area contributed by atoms with Gasteiger partial charge < -0.3 is 20.3 Å². The molecule has 1 amide bonds. The molecule has 1 aromatic carbocycles. The second-order valence-electron chi connectivity index (χ2n) is 4.33. The van der Waals surface area contributed by atoms with E-state index < -0.39 is 30.3 Å². The topological polar surface area (TPSA) is 113 Å². The first kappa shape index (κ1) is 16.5. The van der Waals surface area contributed by atoms with Crippen LogP contribution in [0.15, 0.2) is 24.3 Å². The molecule has 0 aromatic heterocycles. The van der Waals surface area contributed by atoms with Crippen molar-refractivity contribution in [2.75, 3.05) is 6.61 Å². The summed E-state index contributed by atoms with van der Waals surface area (Å²) in [5.74, 6) is -2.74. The summed E-state index contributed by atoms with van der Waals surface area (Å²) in [6.45, 7) is 2.53. The van der Waals surface area contributed by atoms with Gasteiger partial charge >= 0.3 is 11.9 Å². The SMILES string of the molecule is CCCOc1ccc(C(=O)N[C@@H](CC(=O)O)C(=O)O)cc1. The first-order chi connectivity index (χ1) is 9.93. The largest absolute Gasteiger partial charge is 0.494 e. The lowest BCUT2D eigenvalue weighted by Crippen LogP contribution is -2.42. The Bertz CT molecular complexity index is 511. The molecular weight excluding hydrogens is 278 g/mol. The average Bonchev–Trinajstić information content (AvgIpc) is 2.44. The fraction of sp³-hybridized carbons (Fsp3) is 0.357. The first-order valence-corrected chi connectivity index (χ1v) is 6.42. The smallest absolute Gasteiger partial charge is 0.326 e. The van der Waals surface area contributed by atoms with Crippen molar-refractivity contribution >= 4 is 17.8 Å². The van der Waals surface area contributed by atoms with Crippen molar-refractivity contribution in [1.82, 2.24) is 5.32 Å². The summed E-state index contributed by atoms with van der Waals surface area (Å²) in [5, 5.41) is 19.6. The van der Waals surface area contributed by atoms with E-state index in [0.717, 1.165) is 6.42 Å².